The molecule has 0 amide bonds. The Bertz CT molecular complexity index is 311. The molecule has 0 spiro atoms. The lowest BCUT2D eigenvalue weighted by Gasteiger charge is -1.99. The van der Waals surface area contributed by atoms with Crippen molar-refractivity contribution in [3.63, 3.8) is 0 Å². The quantitative estimate of drug-likeness (QED) is 0.369. The van der Waals surface area contributed by atoms with Gasteiger partial charge in [-0.25, -0.2) is 0 Å². The normalized spacial score (nSPS) is 10.8. The summed E-state index contributed by atoms with van der Waals surface area (Å²) in [5.74, 6) is -4.24. The summed E-state index contributed by atoms with van der Waals surface area (Å²) in [7, 11) is 0. The Balaban J connectivity index is 0. The molecule has 1 unspecified atom stereocenters. The number of aliphatic carboxylic acids is 4. The number of hydrogen-bond acceptors (Lipinski definition) is 5. The summed E-state index contributed by atoms with van der Waals surface area (Å²) in [5, 5.41) is 32.3. The maximum absolute atomic E-state index is 9.90. The molecule has 0 aliphatic carbocycles. The van der Waals surface area contributed by atoms with Crippen LogP contribution in [0.15, 0.2) is 0 Å². The number of nitrogens with two attached hydrogens (primary N) is 1. The highest BCUT2D eigenvalue weighted by atomic mass is 16.4. The van der Waals surface area contributed by atoms with Crippen LogP contribution in [0.3, 0.4) is 0 Å². The molecule has 0 aromatic heterocycles. The molecule has 110 valence electrons. The van der Waals surface area contributed by atoms with Crippen molar-refractivity contribution in [2.24, 2.45) is 5.73 Å². The zero-order valence-electron chi connectivity index (χ0n) is 10.1. The van der Waals surface area contributed by atoms with E-state index in [4.69, 9.17) is 26.2 Å². The molecule has 0 aromatic carbocycles. The minimum atomic E-state index is -1.29. The minimum absolute atomic E-state index is 0.0628. The van der Waals surface area contributed by atoms with E-state index >= 15 is 0 Å². The molecule has 0 rings (SSSR count). The Morgan fingerprint density at radius 1 is 0.789 bits per heavy atom. The van der Waals surface area contributed by atoms with E-state index in [1.165, 1.54) is 0 Å². The van der Waals surface area contributed by atoms with E-state index in [9.17, 15) is 19.2 Å². The van der Waals surface area contributed by atoms with Crippen LogP contribution in [0.2, 0.25) is 0 Å². The molecule has 0 aromatic rings. The molecule has 1 atom stereocenters. The van der Waals surface area contributed by atoms with E-state index < -0.39 is 36.3 Å². The number of carboxylic acids is 4. The summed E-state index contributed by atoms with van der Waals surface area (Å²) in [6, 6.07) is -1.29. The molecule has 0 saturated carbocycles. The Kier molecular flexibility index (Phi) is 11.1. The first-order valence-corrected chi connectivity index (χ1v) is 5.30. The maximum Gasteiger partial charge on any atom is 0.321 e. The van der Waals surface area contributed by atoms with E-state index in [2.05, 4.69) is 0 Å². The van der Waals surface area contributed by atoms with Crippen LogP contribution < -0.4 is 5.73 Å². The van der Waals surface area contributed by atoms with Gasteiger partial charge in [0.05, 0.1) is 6.42 Å². The van der Waals surface area contributed by atoms with Crippen LogP contribution in [0, 0.1) is 0 Å². The smallest absolute Gasteiger partial charge is 0.321 e. The fraction of sp³-hybridized carbons (Fsp3) is 0.600. The number of unbranched alkanes of at least 4 members (excludes halogenated alkanes) is 1. The molecular formula is C10H17NO8. The molecule has 0 bridgehead atoms. The van der Waals surface area contributed by atoms with Crippen LogP contribution in [0.25, 0.3) is 0 Å². The SMILES string of the molecule is NC(CC(=O)O)C(=O)O.O=C(O)CCCCC(=O)O. The predicted octanol–water partition coefficient (Wildman–Crippen LogP) is -0.411. The second-order valence-electron chi connectivity index (χ2n) is 3.54. The second kappa shape index (κ2) is 11.0. The van der Waals surface area contributed by atoms with Crippen LogP contribution in [0.4, 0.5) is 0 Å². The number of hydrogen-bond donors (Lipinski definition) is 5. The third kappa shape index (κ3) is 18.4. The standard InChI is InChI=1S/C6H10O4.C4H7NO4/c7-5(8)3-1-2-4-6(9)10;5-2(4(8)9)1-3(6)7/h1-4H2,(H,7,8)(H,9,10);2H,1,5H2,(H,6,7)(H,8,9). The summed E-state index contributed by atoms with van der Waals surface area (Å²) in [6.45, 7) is 0. The molecule has 0 radical (unpaired) electrons. The zero-order valence-corrected chi connectivity index (χ0v) is 10.1. The van der Waals surface area contributed by atoms with Crippen molar-refractivity contribution in [3.8, 4) is 0 Å². The van der Waals surface area contributed by atoms with Crippen molar-refractivity contribution in [3.05, 3.63) is 0 Å². The van der Waals surface area contributed by atoms with Crippen molar-refractivity contribution in [2.75, 3.05) is 0 Å². The Morgan fingerprint density at radius 3 is 1.32 bits per heavy atom. The van der Waals surface area contributed by atoms with Crippen LogP contribution in [0.5, 0.6) is 0 Å². The largest absolute Gasteiger partial charge is 0.481 e. The van der Waals surface area contributed by atoms with Gasteiger partial charge in [-0.1, -0.05) is 0 Å². The van der Waals surface area contributed by atoms with Gasteiger partial charge in [0.25, 0.3) is 0 Å². The molecule has 0 aliphatic heterocycles. The number of rotatable bonds is 8. The Labute approximate surface area is 108 Å². The molecule has 6 N–H and O–H groups in total. The fourth-order valence-corrected chi connectivity index (χ4v) is 0.828. The lowest BCUT2D eigenvalue weighted by atomic mass is 10.2. The summed E-state index contributed by atoms with van der Waals surface area (Å²) in [4.78, 5) is 39.4. The number of carboxylic acid groups (broad SMARTS) is 4. The van der Waals surface area contributed by atoms with Gasteiger partial charge < -0.3 is 26.2 Å². The van der Waals surface area contributed by atoms with Gasteiger partial charge >= 0.3 is 23.9 Å². The molecule has 9 nitrogen and oxygen atoms in total. The summed E-state index contributed by atoms with van der Waals surface area (Å²) < 4.78 is 0. The monoisotopic (exact) mass is 279 g/mol. The lowest BCUT2D eigenvalue weighted by molar-refractivity contribution is -0.144. The van der Waals surface area contributed by atoms with E-state index in [1.54, 1.807) is 0 Å². The lowest BCUT2D eigenvalue weighted by Crippen LogP contribution is -2.32. The molecule has 0 aliphatic rings. The van der Waals surface area contributed by atoms with Gasteiger partial charge in [0.2, 0.25) is 0 Å². The van der Waals surface area contributed by atoms with Gasteiger partial charge in [-0.05, 0) is 12.8 Å². The van der Waals surface area contributed by atoms with E-state index in [0.717, 1.165) is 0 Å². The maximum atomic E-state index is 9.90. The van der Waals surface area contributed by atoms with Crippen molar-refractivity contribution in [1.29, 1.82) is 0 Å². The molecule has 0 saturated heterocycles. The molecule has 9 heteroatoms. The number of carbonyl (C=O) groups is 4. The predicted molar refractivity (Wildman–Crippen MR) is 61.6 cm³/mol. The van der Waals surface area contributed by atoms with E-state index in [-0.39, 0.29) is 12.8 Å². The molecule has 0 heterocycles. The molecular weight excluding hydrogens is 262 g/mol. The third-order valence-corrected chi connectivity index (χ3v) is 1.74. The topological polar surface area (TPSA) is 175 Å². The minimum Gasteiger partial charge on any atom is -0.481 e. The van der Waals surface area contributed by atoms with Gasteiger partial charge in [-0.3, -0.25) is 19.2 Å². The second-order valence-corrected chi connectivity index (χ2v) is 3.54. The summed E-state index contributed by atoms with van der Waals surface area (Å²) in [6.07, 6.45) is 0.485. The highest BCUT2D eigenvalue weighted by Gasteiger charge is 2.14. The third-order valence-electron chi connectivity index (χ3n) is 1.74. The Hall–Kier alpha value is -2.16. The van der Waals surface area contributed by atoms with Gasteiger partial charge in [0.1, 0.15) is 6.04 Å². The van der Waals surface area contributed by atoms with Crippen molar-refractivity contribution in [2.45, 2.75) is 38.1 Å². The first-order chi connectivity index (χ1) is 8.66. The Morgan fingerprint density at radius 2 is 1.16 bits per heavy atom. The first kappa shape index (κ1) is 19.2. The highest BCUT2D eigenvalue weighted by Crippen LogP contribution is 1.98. The van der Waals surface area contributed by atoms with E-state index in [1.807, 2.05) is 0 Å². The van der Waals surface area contributed by atoms with E-state index in [0.29, 0.717) is 12.8 Å². The van der Waals surface area contributed by atoms with Gasteiger partial charge in [0.15, 0.2) is 0 Å². The van der Waals surface area contributed by atoms with Crippen LogP contribution in [-0.4, -0.2) is 50.3 Å². The van der Waals surface area contributed by atoms with Crippen LogP contribution >= 0.6 is 0 Å². The fourth-order valence-electron chi connectivity index (χ4n) is 0.828. The first-order valence-electron chi connectivity index (χ1n) is 5.30. The van der Waals surface area contributed by atoms with Crippen LogP contribution in [-0.2, 0) is 19.2 Å². The van der Waals surface area contributed by atoms with Gasteiger partial charge in [0, 0.05) is 12.8 Å². The average molecular weight is 279 g/mol. The molecule has 0 fully saturated rings. The van der Waals surface area contributed by atoms with Gasteiger partial charge in [-0.2, -0.15) is 0 Å². The summed E-state index contributed by atoms with van der Waals surface area (Å²) in [5.41, 5.74) is 4.84. The van der Waals surface area contributed by atoms with Crippen molar-refractivity contribution < 1.29 is 39.6 Å². The highest BCUT2D eigenvalue weighted by molar-refractivity contribution is 5.80. The van der Waals surface area contributed by atoms with Crippen molar-refractivity contribution >= 4 is 23.9 Å². The zero-order chi connectivity index (χ0) is 15.4. The van der Waals surface area contributed by atoms with Gasteiger partial charge in [-0.15, -0.1) is 0 Å². The summed E-state index contributed by atoms with van der Waals surface area (Å²) >= 11 is 0. The molecule has 19 heavy (non-hydrogen) atoms. The van der Waals surface area contributed by atoms with Crippen molar-refractivity contribution in [1.82, 2.24) is 0 Å². The average Bonchev–Trinajstić information content (AvgIpc) is 2.23. The van der Waals surface area contributed by atoms with Crippen LogP contribution in [0.1, 0.15) is 32.1 Å².